The van der Waals surface area contributed by atoms with Gasteiger partial charge in [0, 0.05) is 17.7 Å². The van der Waals surface area contributed by atoms with Crippen LogP contribution >= 0.6 is 0 Å². The molecule has 0 bridgehead atoms. The van der Waals surface area contributed by atoms with Crippen LogP contribution in [-0.2, 0) is 34.9 Å². The molecule has 0 aliphatic carbocycles. The van der Waals surface area contributed by atoms with Crippen LogP contribution in [0.2, 0.25) is 0 Å². The number of fused-ring (bicyclic) bond motifs is 1. The molecule has 1 aliphatic rings. The second-order valence-corrected chi connectivity index (χ2v) is 8.82. The van der Waals surface area contributed by atoms with Gasteiger partial charge >= 0.3 is 6.18 Å². The molecule has 0 unspecified atom stereocenters. The van der Waals surface area contributed by atoms with Crippen molar-refractivity contribution in [2.75, 3.05) is 13.2 Å². The molecule has 0 N–H and O–H groups in total. The first kappa shape index (κ1) is 24.6. The number of rotatable bonds is 7. The summed E-state index contributed by atoms with van der Waals surface area (Å²) in [6.07, 6.45) is -1.95. The van der Waals surface area contributed by atoms with Crippen LogP contribution in [0.5, 0.6) is 0 Å². The van der Waals surface area contributed by atoms with Crippen molar-refractivity contribution in [3.63, 3.8) is 0 Å². The van der Waals surface area contributed by atoms with Crippen molar-refractivity contribution in [1.82, 2.24) is 0 Å². The molecule has 1 heterocycles. The van der Waals surface area contributed by atoms with Gasteiger partial charge in [-0.3, -0.25) is 0 Å². The largest absolute Gasteiger partial charge is 0.419 e. The van der Waals surface area contributed by atoms with Gasteiger partial charge in [0.25, 0.3) is 0 Å². The third kappa shape index (κ3) is 5.76. The highest BCUT2D eigenvalue weighted by Crippen LogP contribution is 2.32. The molecule has 1 saturated heterocycles. The quantitative estimate of drug-likeness (QED) is 0.333. The summed E-state index contributed by atoms with van der Waals surface area (Å²) >= 11 is 0. The van der Waals surface area contributed by atoms with Gasteiger partial charge in [-0.1, -0.05) is 43.3 Å². The molecule has 0 spiro atoms. The lowest BCUT2D eigenvalue weighted by atomic mass is 9.97. The van der Waals surface area contributed by atoms with E-state index in [1.165, 1.54) is 6.07 Å². The smallest absolute Gasteiger partial charge is 0.352 e. The molecule has 3 aromatic rings. The summed E-state index contributed by atoms with van der Waals surface area (Å²) in [7, 11) is 0. The molecule has 182 valence electrons. The number of aryl methyl sites for hydroxylation is 3. The Balaban J connectivity index is 1.39. The predicted octanol–water partition coefficient (Wildman–Crippen LogP) is 7.25. The van der Waals surface area contributed by atoms with Gasteiger partial charge < -0.3 is 9.47 Å². The number of halogens is 5. The number of benzene rings is 3. The fourth-order valence-corrected chi connectivity index (χ4v) is 4.23. The Morgan fingerprint density at radius 1 is 0.853 bits per heavy atom. The number of hydrogen-bond donors (Lipinski definition) is 0. The Morgan fingerprint density at radius 2 is 1.56 bits per heavy atom. The lowest BCUT2D eigenvalue weighted by Gasteiger charge is -2.28. The van der Waals surface area contributed by atoms with Crippen LogP contribution in [0.4, 0.5) is 22.0 Å². The SMILES string of the molecule is CCC1COC(CCc2ccc3c(F)c(CCc4ccc(C(F)(F)F)c(F)c4)ccc3c2)OC1. The van der Waals surface area contributed by atoms with Crippen LogP contribution in [0.3, 0.4) is 0 Å². The first-order valence-electron chi connectivity index (χ1n) is 11.5. The molecule has 7 heteroatoms. The van der Waals surface area contributed by atoms with Crippen molar-refractivity contribution >= 4 is 10.8 Å². The molecule has 2 nitrogen and oxygen atoms in total. The Bertz CT molecular complexity index is 1130. The maximum atomic E-state index is 15.1. The van der Waals surface area contributed by atoms with Gasteiger partial charge in [0.2, 0.25) is 0 Å². The third-order valence-corrected chi connectivity index (χ3v) is 6.40. The highest BCUT2D eigenvalue weighted by molar-refractivity contribution is 5.84. The van der Waals surface area contributed by atoms with Crippen molar-refractivity contribution in [2.24, 2.45) is 5.92 Å². The minimum atomic E-state index is -4.74. The lowest BCUT2D eigenvalue weighted by Crippen LogP contribution is -2.32. The van der Waals surface area contributed by atoms with Gasteiger partial charge in [-0.15, -0.1) is 0 Å². The molecular weight excluding hydrogens is 451 g/mol. The molecule has 3 aromatic carbocycles. The summed E-state index contributed by atoms with van der Waals surface area (Å²) in [5, 5.41) is 1.26. The fraction of sp³-hybridized carbons (Fsp3) is 0.407. The Hall–Kier alpha value is -2.51. The second kappa shape index (κ2) is 10.4. The Labute approximate surface area is 195 Å². The molecule has 1 fully saturated rings. The fourth-order valence-electron chi connectivity index (χ4n) is 4.23. The maximum Gasteiger partial charge on any atom is 0.419 e. The molecule has 4 rings (SSSR count). The average molecular weight is 479 g/mol. The average Bonchev–Trinajstić information content (AvgIpc) is 2.82. The van der Waals surface area contributed by atoms with E-state index in [9.17, 15) is 17.6 Å². The van der Waals surface area contributed by atoms with E-state index in [2.05, 4.69) is 6.92 Å². The third-order valence-electron chi connectivity index (χ3n) is 6.40. The highest BCUT2D eigenvalue weighted by atomic mass is 19.4. The normalized spacial score (nSPS) is 19.0. The second-order valence-electron chi connectivity index (χ2n) is 8.82. The minimum Gasteiger partial charge on any atom is -0.352 e. The van der Waals surface area contributed by atoms with E-state index in [4.69, 9.17) is 9.47 Å². The van der Waals surface area contributed by atoms with E-state index in [1.807, 2.05) is 18.2 Å². The van der Waals surface area contributed by atoms with Gasteiger partial charge in [-0.2, -0.15) is 13.2 Å². The topological polar surface area (TPSA) is 18.5 Å². The van der Waals surface area contributed by atoms with Crippen LogP contribution in [0, 0.1) is 17.6 Å². The minimum absolute atomic E-state index is 0.215. The van der Waals surface area contributed by atoms with Crippen LogP contribution in [0.1, 0.15) is 42.0 Å². The van der Waals surface area contributed by atoms with E-state index in [0.717, 1.165) is 42.3 Å². The maximum absolute atomic E-state index is 15.1. The van der Waals surface area contributed by atoms with E-state index in [-0.39, 0.29) is 24.9 Å². The van der Waals surface area contributed by atoms with E-state index >= 15 is 4.39 Å². The predicted molar refractivity (Wildman–Crippen MR) is 121 cm³/mol. The van der Waals surface area contributed by atoms with Crippen LogP contribution < -0.4 is 0 Å². The Kier molecular flexibility index (Phi) is 7.53. The van der Waals surface area contributed by atoms with Gasteiger partial charge in [0.1, 0.15) is 11.6 Å². The summed E-state index contributed by atoms with van der Waals surface area (Å²) in [6, 6.07) is 11.9. The zero-order chi connectivity index (χ0) is 24.3. The number of ether oxygens (including phenoxy) is 2. The molecule has 0 aromatic heterocycles. The zero-order valence-corrected chi connectivity index (χ0v) is 18.9. The monoisotopic (exact) mass is 478 g/mol. The summed E-state index contributed by atoms with van der Waals surface area (Å²) in [6.45, 7) is 3.55. The summed E-state index contributed by atoms with van der Waals surface area (Å²) in [4.78, 5) is 0. The van der Waals surface area contributed by atoms with Gasteiger partial charge in [-0.05, 0) is 59.9 Å². The molecule has 0 radical (unpaired) electrons. The molecule has 0 saturated carbocycles. The molecule has 0 atom stereocenters. The van der Waals surface area contributed by atoms with Crippen molar-refractivity contribution in [3.05, 3.63) is 82.4 Å². The standard InChI is InChI=1S/C27H27F5O2/c1-2-17-15-33-25(34-16-17)12-6-18-4-10-22-21(13-18)9-8-20(26(22)29)7-3-19-5-11-23(24(28)14-19)27(30,31)32/h4-5,8-11,13-14,17,25H,2-3,6-7,12,15-16H2,1H3. The van der Waals surface area contributed by atoms with Gasteiger partial charge in [0.15, 0.2) is 6.29 Å². The van der Waals surface area contributed by atoms with Gasteiger partial charge in [0.05, 0.1) is 18.8 Å². The molecular formula is C27H27F5O2. The van der Waals surface area contributed by atoms with Gasteiger partial charge in [-0.25, -0.2) is 8.78 Å². The summed E-state index contributed by atoms with van der Waals surface area (Å²) < 4.78 is 78.6. The number of alkyl halides is 3. The number of hydrogen-bond acceptors (Lipinski definition) is 2. The van der Waals surface area contributed by atoms with Crippen molar-refractivity contribution in [2.45, 2.75) is 51.5 Å². The first-order chi connectivity index (χ1) is 16.2. The molecule has 0 amide bonds. The van der Waals surface area contributed by atoms with E-state index < -0.39 is 17.6 Å². The highest BCUT2D eigenvalue weighted by Gasteiger charge is 2.33. The Morgan fingerprint density at radius 3 is 2.24 bits per heavy atom. The van der Waals surface area contributed by atoms with Crippen molar-refractivity contribution in [3.8, 4) is 0 Å². The van der Waals surface area contributed by atoms with Crippen molar-refractivity contribution < 1.29 is 31.4 Å². The van der Waals surface area contributed by atoms with Crippen LogP contribution in [0.25, 0.3) is 10.8 Å². The molecule has 1 aliphatic heterocycles. The summed E-state index contributed by atoms with van der Waals surface area (Å²) in [5.41, 5.74) is 0.591. The first-order valence-corrected chi connectivity index (χ1v) is 11.5. The van der Waals surface area contributed by atoms with Crippen LogP contribution in [0.15, 0.2) is 48.5 Å². The van der Waals surface area contributed by atoms with E-state index in [0.29, 0.717) is 35.6 Å². The summed E-state index contributed by atoms with van der Waals surface area (Å²) in [5.74, 6) is -1.22. The van der Waals surface area contributed by atoms with Crippen molar-refractivity contribution in [1.29, 1.82) is 0 Å². The lowest BCUT2D eigenvalue weighted by molar-refractivity contribution is -0.202. The molecule has 34 heavy (non-hydrogen) atoms. The zero-order valence-electron chi connectivity index (χ0n) is 18.9. The van der Waals surface area contributed by atoms with E-state index in [1.54, 1.807) is 12.1 Å². The van der Waals surface area contributed by atoms with Crippen LogP contribution in [-0.4, -0.2) is 19.5 Å².